The molecule has 0 N–H and O–H groups in total. The van der Waals surface area contributed by atoms with Gasteiger partial charge in [0.05, 0.1) is 26.9 Å². The van der Waals surface area contributed by atoms with E-state index in [1.807, 2.05) is 0 Å². The van der Waals surface area contributed by atoms with Crippen LogP contribution in [0.15, 0.2) is 12.1 Å². The van der Waals surface area contributed by atoms with Gasteiger partial charge < -0.3 is 18.9 Å². The van der Waals surface area contributed by atoms with Crippen LogP contribution in [0.4, 0.5) is 4.39 Å². The van der Waals surface area contributed by atoms with Crippen molar-refractivity contribution in [1.29, 1.82) is 0 Å². The van der Waals surface area contributed by atoms with Gasteiger partial charge in [-0.1, -0.05) is 6.07 Å². The van der Waals surface area contributed by atoms with Crippen molar-refractivity contribution in [3.05, 3.63) is 29.1 Å². The molecule has 0 unspecified atom stereocenters. The number of methoxy groups -OCH3 is 1. The van der Waals surface area contributed by atoms with E-state index in [1.54, 1.807) is 19.9 Å². The standard InChI is InChI=1S/C17H21FO5/c1-4-22-16(19)15-12(7-17(23-15)8-21-9-17)11-5-6-13(18)10(2)14(11)20-3/h5-6,12,15H,4,7-9H2,1-3H3/t12-,15-/m0/s1. The molecule has 2 heterocycles. The molecule has 23 heavy (non-hydrogen) atoms. The van der Waals surface area contributed by atoms with Crippen molar-refractivity contribution in [1.82, 2.24) is 0 Å². The van der Waals surface area contributed by atoms with Gasteiger partial charge in [-0.25, -0.2) is 9.18 Å². The SMILES string of the molecule is CCOC(=O)[C@H]1OC2(COC2)C[C@H]1c1ccc(F)c(C)c1OC. The molecule has 0 aliphatic carbocycles. The molecular weight excluding hydrogens is 303 g/mol. The topological polar surface area (TPSA) is 54.0 Å². The van der Waals surface area contributed by atoms with Gasteiger partial charge in [-0.3, -0.25) is 0 Å². The zero-order chi connectivity index (χ0) is 16.6. The maximum Gasteiger partial charge on any atom is 0.335 e. The van der Waals surface area contributed by atoms with Crippen LogP contribution in [0.5, 0.6) is 5.75 Å². The molecular formula is C17H21FO5. The first-order valence-electron chi connectivity index (χ1n) is 7.76. The Hall–Kier alpha value is -1.66. The third-order valence-corrected chi connectivity index (χ3v) is 4.56. The number of esters is 1. The van der Waals surface area contributed by atoms with Gasteiger partial charge in [-0.15, -0.1) is 0 Å². The molecule has 0 aromatic heterocycles. The molecule has 5 nitrogen and oxygen atoms in total. The summed E-state index contributed by atoms with van der Waals surface area (Å²) >= 11 is 0. The largest absolute Gasteiger partial charge is 0.496 e. The summed E-state index contributed by atoms with van der Waals surface area (Å²) in [6, 6.07) is 3.07. The molecule has 126 valence electrons. The van der Waals surface area contributed by atoms with Gasteiger partial charge in [0.25, 0.3) is 0 Å². The van der Waals surface area contributed by atoms with Crippen LogP contribution in [-0.4, -0.2) is 44.6 Å². The maximum atomic E-state index is 13.8. The number of carbonyl (C=O) groups is 1. The minimum absolute atomic E-state index is 0.243. The lowest BCUT2D eigenvalue weighted by atomic mass is 9.84. The van der Waals surface area contributed by atoms with Crippen molar-refractivity contribution in [3.8, 4) is 5.75 Å². The van der Waals surface area contributed by atoms with Crippen molar-refractivity contribution in [3.63, 3.8) is 0 Å². The Morgan fingerprint density at radius 3 is 2.74 bits per heavy atom. The van der Waals surface area contributed by atoms with Crippen LogP contribution in [0.3, 0.4) is 0 Å². The quantitative estimate of drug-likeness (QED) is 0.796. The number of hydrogen-bond donors (Lipinski definition) is 0. The molecule has 1 spiro atoms. The van der Waals surface area contributed by atoms with Crippen LogP contribution >= 0.6 is 0 Å². The van der Waals surface area contributed by atoms with Gasteiger partial charge in [0.15, 0.2) is 6.10 Å². The van der Waals surface area contributed by atoms with Gasteiger partial charge in [-0.05, 0) is 26.3 Å². The molecule has 6 heteroatoms. The first kappa shape index (κ1) is 16.2. The van der Waals surface area contributed by atoms with Gasteiger partial charge in [0.1, 0.15) is 17.2 Å². The number of halogens is 1. The lowest BCUT2D eigenvalue weighted by molar-refractivity contribution is -0.208. The molecule has 2 fully saturated rings. The Kier molecular flexibility index (Phi) is 4.29. The lowest BCUT2D eigenvalue weighted by Gasteiger charge is -2.37. The summed E-state index contributed by atoms with van der Waals surface area (Å²) in [5.41, 5.74) is 0.752. The van der Waals surface area contributed by atoms with Crippen molar-refractivity contribution >= 4 is 5.97 Å². The van der Waals surface area contributed by atoms with E-state index >= 15 is 0 Å². The lowest BCUT2D eigenvalue weighted by Crippen LogP contribution is -2.50. The summed E-state index contributed by atoms with van der Waals surface area (Å²) in [6.07, 6.45) is -0.102. The fourth-order valence-electron chi connectivity index (χ4n) is 3.38. The Bertz CT molecular complexity index is 611. The van der Waals surface area contributed by atoms with E-state index in [2.05, 4.69) is 0 Å². The molecule has 2 aliphatic heterocycles. The predicted octanol–water partition coefficient (Wildman–Crippen LogP) is 2.35. The molecule has 1 aromatic rings. The fraction of sp³-hybridized carbons (Fsp3) is 0.588. The van der Waals surface area contributed by atoms with Crippen LogP contribution in [-0.2, 0) is 19.0 Å². The zero-order valence-corrected chi connectivity index (χ0v) is 13.6. The van der Waals surface area contributed by atoms with E-state index in [0.29, 0.717) is 30.9 Å². The van der Waals surface area contributed by atoms with Crippen LogP contribution < -0.4 is 4.74 Å². The summed E-state index contributed by atoms with van der Waals surface area (Å²) in [6.45, 7) is 4.63. The van der Waals surface area contributed by atoms with Crippen molar-refractivity contribution < 1.29 is 28.1 Å². The van der Waals surface area contributed by atoms with Crippen molar-refractivity contribution in [2.75, 3.05) is 26.9 Å². The van der Waals surface area contributed by atoms with Crippen molar-refractivity contribution in [2.24, 2.45) is 0 Å². The Morgan fingerprint density at radius 1 is 1.43 bits per heavy atom. The highest BCUT2D eigenvalue weighted by Gasteiger charge is 2.55. The average Bonchev–Trinajstić information content (AvgIpc) is 2.91. The summed E-state index contributed by atoms with van der Waals surface area (Å²) < 4.78 is 35.6. The Labute approximate surface area is 134 Å². The highest BCUT2D eigenvalue weighted by atomic mass is 19.1. The first-order valence-corrected chi connectivity index (χ1v) is 7.76. The molecule has 0 amide bonds. The molecule has 0 radical (unpaired) electrons. The van der Waals surface area contributed by atoms with E-state index in [9.17, 15) is 9.18 Å². The molecule has 2 atom stereocenters. The number of rotatable bonds is 4. The van der Waals surface area contributed by atoms with Crippen LogP contribution in [0.1, 0.15) is 30.4 Å². The van der Waals surface area contributed by atoms with Crippen LogP contribution in [0.2, 0.25) is 0 Å². The number of carbonyl (C=O) groups excluding carboxylic acids is 1. The third-order valence-electron chi connectivity index (χ3n) is 4.56. The minimum Gasteiger partial charge on any atom is -0.496 e. The molecule has 0 bridgehead atoms. The second-order valence-electron chi connectivity index (χ2n) is 6.07. The van der Waals surface area contributed by atoms with E-state index in [4.69, 9.17) is 18.9 Å². The number of ether oxygens (including phenoxy) is 4. The zero-order valence-electron chi connectivity index (χ0n) is 13.6. The summed E-state index contributed by atoms with van der Waals surface area (Å²) in [5, 5.41) is 0. The maximum absolute atomic E-state index is 13.8. The second kappa shape index (κ2) is 6.09. The monoisotopic (exact) mass is 324 g/mol. The van der Waals surface area contributed by atoms with E-state index in [-0.39, 0.29) is 18.3 Å². The average molecular weight is 324 g/mol. The van der Waals surface area contributed by atoms with Gasteiger partial charge in [0.2, 0.25) is 0 Å². The molecule has 2 saturated heterocycles. The highest BCUT2D eigenvalue weighted by molar-refractivity contribution is 5.77. The van der Waals surface area contributed by atoms with Crippen LogP contribution in [0.25, 0.3) is 0 Å². The first-order chi connectivity index (χ1) is 11.0. The van der Waals surface area contributed by atoms with E-state index in [0.717, 1.165) is 5.56 Å². The molecule has 0 saturated carbocycles. The van der Waals surface area contributed by atoms with E-state index < -0.39 is 17.7 Å². The number of hydrogen-bond acceptors (Lipinski definition) is 5. The van der Waals surface area contributed by atoms with Gasteiger partial charge in [-0.2, -0.15) is 0 Å². The summed E-state index contributed by atoms with van der Waals surface area (Å²) in [4.78, 5) is 12.3. The normalized spacial score (nSPS) is 25.2. The summed E-state index contributed by atoms with van der Waals surface area (Å²) in [7, 11) is 1.50. The second-order valence-corrected chi connectivity index (χ2v) is 6.07. The Balaban J connectivity index is 1.98. The van der Waals surface area contributed by atoms with Gasteiger partial charge in [0, 0.05) is 17.0 Å². The predicted molar refractivity (Wildman–Crippen MR) is 80.1 cm³/mol. The van der Waals surface area contributed by atoms with Crippen molar-refractivity contribution in [2.45, 2.75) is 37.9 Å². The smallest absolute Gasteiger partial charge is 0.335 e. The third kappa shape index (κ3) is 2.70. The fourth-order valence-corrected chi connectivity index (χ4v) is 3.38. The Morgan fingerprint density at radius 2 is 2.17 bits per heavy atom. The number of benzene rings is 1. The molecule has 3 rings (SSSR count). The molecule has 2 aliphatic rings. The van der Waals surface area contributed by atoms with Crippen LogP contribution in [0, 0.1) is 12.7 Å². The highest BCUT2D eigenvalue weighted by Crippen LogP contribution is 2.48. The minimum atomic E-state index is -0.724. The van der Waals surface area contributed by atoms with Gasteiger partial charge >= 0.3 is 5.97 Å². The molecule has 1 aromatic carbocycles. The summed E-state index contributed by atoms with van der Waals surface area (Å²) in [5.74, 6) is -0.512. The van der Waals surface area contributed by atoms with E-state index in [1.165, 1.54) is 13.2 Å².